The Morgan fingerprint density at radius 2 is 0.952 bits per heavy atom. The summed E-state index contributed by atoms with van der Waals surface area (Å²) in [6, 6.07) is 0. The molecule has 1 unspecified atom stereocenters. The molecule has 0 aromatic heterocycles. The van der Waals surface area contributed by atoms with E-state index < -0.39 is 32.5 Å². The monoisotopic (exact) mass is 886 g/mol. The van der Waals surface area contributed by atoms with Gasteiger partial charge in [-0.25, -0.2) is 0 Å². The number of carbonyl (C=O) groups is 2. The number of ether oxygens (including phenoxy) is 2. The van der Waals surface area contributed by atoms with E-state index in [1.165, 1.54) is 57.8 Å². The summed E-state index contributed by atoms with van der Waals surface area (Å²) < 4.78 is 33.9. The van der Waals surface area contributed by atoms with Gasteiger partial charge >= 0.3 is 11.9 Å². The summed E-state index contributed by atoms with van der Waals surface area (Å²) in [5, 5.41) is 0. The molecular formula is C52H88NO8P. The summed E-state index contributed by atoms with van der Waals surface area (Å²) in [6.45, 7) is 3.98. The van der Waals surface area contributed by atoms with Crippen LogP contribution in [-0.4, -0.2) is 70.0 Å². The maximum atomic E-state index is 12.7. The third kappa shape index (κ3) is 46.4. The zero-order valence-electron chi connectivity index (χ0n) is 39.8. The lowest BCUT2D eigenvalue weighted by molar-refractivity contribution is -0.870. The summed E-state index contributed by atoms with van der Waals surface area (Å²) in [5.41, 5.74) is 0. The van der Waals surface area contributed by atoms with Crippen molar-refractivity contribution in [1.29, 1.82) is 0 Å². The molecule has 0 aromatic carbocycles. The van der Waals surface area contributed by atoms with Crippen molar-refractivity contribution in [3.63, 3.8) is 0 Å². The number of hydrogen-bond donors (Lipinski definition) is 0. The van der Waals surface area contributed by atoms with Gasteiger partial charge in [-0.2, -0.15) is 0 Å². The van der Waals surface area contributed by atoms with Crippen LogP contribution in [0.15, 0.2) is 97.2 Å². The van der Waals surface area contributed by atoms with Gasteiger partial charge < -0.3 is 27.9 Å². The Balaban J connectivity index is 4.44. The van der Waals surface area contributed by atoms with Gasteiger partial charge in [0, 0.05) is 12.8 Å². The number of likely N-dealkylation sites (N-methyl/N-ethyl adjacent to an activating group) is 1. The smallest absolute Gasteiger partial charge is 0.306 e. The van der Waals surface area contributed by atoms with Crippen LogP contribution in [0.4, 0.5) is 0 Å². The quantitative estimate of drug-likeness (QED) is 0.0196. The predicted octanol–water partition coefficient (Wildman–Crippen LogP) is 13.5. The number of rotatable bonds is 42. The van der Waals surface area contributed by atoms with Crippen LogP contribution in [0.1, 0.15) is 168 Å². The van der Waals surface area contributed by atoms with Crippen LogP contribution in [0.3, 0.4) is 0 Å². The van der Waals surface area contributed by atoms with Crippen LogP contribution in [0.2, 0.25) is 0 Å². The van der Waals surface area contributed by atoms with Gasteiger partial charge in [-0.3, -0.25) is 14.2 Å². The molecule has 10 heteroatoms. The largest absolute Gasteiger partial charge is 0.756 e. The van der Waals surface area contributed by atoms with E-state index in [-0.39, 0.29) is 26.1 Å². The van der Waals surface area contributed by atoms with Gasteiger partial charge in [-0.15, -0.1) is 0 Å². The molecule has 0 fully saturated rings. The molecule has 0 bridgehead atoms. The van der Waals surface area contributed by atoms with Gasteiger partial charge in [-0.1, -0.05) is 169 Å². The molecule has 62 heavy (non-hydrogen) atoms. The van der Waals surface area contributed by atoms with E-state index in [2.05, 4.69) is 98.9 Å². The Bertz CT molecular complexity index is 1370. The molecular weight excluding hydrogens is 798 g/mol. The molecule has 0 aliphatic rings. The molecule has 9 nitrogen and oxygen atoms in total. The van der Waals surface area contributed by atoms with Gasteiger partial charge in [-0.05, 0) is 83.5 Å². The number of allylic oxidation sites excluding steroid dienone is 16. The van der Waals surface area contributed by atoms with Crippen molar-refractivity contribution in [3.8, 4) is 0 Å². The van der Waals surface area contributed by atoms with Crippen LogP contribution in [0.25, 0.3) is 0 Å². The van der Waals surface area contributed by atoms with Crippen LogP contribution < -0.4 is 4.89 Å². The van der Waals surface area contributed by atoms with Crippen molar-refractivity contribution in [2.24, 2.45) is 0 Å². The van der Waals surface area contributed by atoms with Gasteiger partial charge in [0.1, 0.15) is 19.8 Å². The minimum Gasteiger partial charge on any atom is -0.756 e. The third-order valence-corrected chi connectivity index (χ3v) is 10.6. The van der Waals surface area contributed by atoms with E-state index in [4.69, 9.17) is 18.5 Å². The van der Waals surface area contributed by atoms with Crippen LogP contribution >= 0.6 is 7.82 Å². The SMILES string of the molecule is CC/C=C/C/C=C/C/C=C/C/C=C/C/C=C/C/C=C/CCC(=O)OC[C@H](COP(=O)([O-])OCC[N+](C)(C)C)OC(=O)CCCCCCCCCCC/C=C/C/C=C/CCCCC. The first kappa shape index (κ1) is 58.9. The lowest BCUT2D eigenvalue weighted by atomic mass is 10.1. The van der Waals surface area contributed by atoms with Gasteiger partial charge in [0.05, 0.1) is 27.7 Å². The molecule has 0 radical (unpaired) electrons. The number of unbranched alkanes of at least 4 members (excludes halogenated alkanes) is 12. The first-order valence-electron chi connectivity index (χ1n) is 23.9. The Morgan fingerprint density at radius 3 is 1.44 bits per heavy atom. The second-order valence-corrected chi connectivity index (χ2v) is 18.1. The highest BCUT2D eigenvalue weighted by Gasteiger charge is 2.21. The maximum absolute atomic E-state index is 12.7. The second-order valence-electron chi connectivity index (χ2n) is 16.7. The summed E-state index contributed by atoms with van der Waals surface area (Å²) in [5.74, 6) is -0.945. The number of hydrogen-bond acceptors (Lipinski definition) is 8. The molecule has 0 aromatic rings. The summed E-state index contributed by atoms with van der Waals surface area (Å²) >= 11 is 0. The molecule has 0 saturated heterocycles. The number of nitrogens with zero attached hydrogens (tertiary/aromatic N) is 1. The van der Waals surface area contributed by atoms with E-state index in [0.717, 1.165) is 70.6 Å². The Labute approximate surface area is 379 Å². The Kier molecular flexibility index (Phi) is 41.1. The zero-order valence-corrected chi connectivity index (χ0v) is 40.7. The normalized spacial score (nSPS) is 14.4. The van der Waals surface area contributed by atoms with Crippen molar-refractivity contribution in [2.75, 3.05) is 47.5 Å². The van der Waals surface area contributed by atoms with Gasteiger partial charge in [0.25, 0.3) is 7.82 Å². The molecule has 0 aliphatic carbocycles. The number of carbonyl (C=O) groups excluding carboxylic acids is 2. The van der Waals surface area contributed by atoms with Crippen molar-refractivity contribution in [2.45, 2.75) is 174 Å². The standard InChI is InChI=1S/C52H88NO8P/c1-6-8-10-12-14-16-18-20-22-24-26-28-30-32-34-36-38-40-42-44-51(54)58-48-50(49-60-62(56,57)59-47-46-53(3,4)5)61-52(55)45-43-41-39-37-35-33-31-29-27-25-23-21-19-17-15-13-11-9-7-2/h8,10,14-17,20-23,26,28,32,34,38,40,50H,6-7,9,11-13,18-19,24-25,27,29-31,33,35-37,39,41-49H2,1-5H3/b10-8+,16-14+,17-15+,22-20+,23-21+,28-26+,34-32+,40-38+/t50-/m1/s1. The lowest BCUT2D eigenvalue weighted by Gasteiger charge is -2.28. The van der Waals surface area contributed by atoms with E-state index in [1.807, 2.05) is 33.3 Å². The van der Waals surface area contributed by atoms with Crippen molar-refractivity contribution < 1.29 is 42.1 Å². The van der Waals surface area contributed by atoms with E-state index in [1.54, 1.807) is 0 Å². The fourth-order valence-corrected chi connectivity index (χ4v) is 6.61. The van der Waals surface area contributed by atoms with Gasteiger partial charge in [0.15, 0.2) is 6.10 Å². The molecule has 0 rings (SSSR count). The molecule has 0 amide bonds. The minimum absolute atomic E-state index is 0.0481. The first-order chi connectivity index (χ1) is 30.0. The molecule has 0 heterocycles. The molecule has 0 saturated carbocycles. The fourth-order valence-electron chi connectivity index (χ4n) is 5.89. The topological polar surface area (TPSA) is 111 Å². The molecule has 2 atom stereocenters. The highest BCUT2D eigenvalue weighted by molar-refractivity contribution is 7.45. The highest BCUT2D eigenvalue weighted by atomic mass is 31.2. The molecule has 354 valence electrons. The van der Waals surface area contributed by atoms with E-state index in [0.29, 0.717) is 23.9 Å². The van der Waals surface area contributed by atoms with Crippen molar-refractivity contribution >= 4 is 19.8 Å². The number of phosphoric acid groups is 1. The summed E-state index contributed by atoms with van der Waals surface area (Å²) in [6.07, 6.45) is 57.3. The first-order valence-corrected chi connectivity index (χ1v) is 25.4. The average molecular weight is 886 g/mol. The number of phosphoric ester groups is 1. The predicted molar refractivity (Wildman–Crippen MR) is 259 cm³/mol. The van der Waals surface area contributed by atoms with Crippen LogP contribution in [-0.2, 0) is 32.7 Å². The summed E-state index contributed by atoms with van der Waals surface area (Å²) in [4.78, 5) is 37.6. The van der Waals surface area contributed by atoms with Gasteiger partial charge in [0.2, 0.25) is 0 Å². The van der Waals surface area contributed by atoms with E-state index in [9.17, 15) is 19.0 Å². The molecule has 0 spiro atoms. The van der Waals surface area contributed by atoms with Crippen molar-refractivity contribution in [1.82, 2.24) is 0 Å². The second kappa shape index (κ2) is 43.2. The Hall–Kier alpha value is -3.07. The fraction of sp³-hybridized carbons (Fsp3) is 0.654. The maximum Gasteiger partial charge on any atom is 0.306 e. The van der Waals surface area contributed by atoms with E-state index >= 15 is 0 Å². The van der Waals surface area contributed by atoms with Crippen LogP contribution in [0.5, 0.6) is 0 Å². The van der Waals surface area contributed by atoms with Crippen LogP contribution in [0, 0.1) is 0 Å². The zero-order chi connectivity index (χ0) is 45.7. The number of quaternary nitrogens is 1. The molecule has 0 aliphatic heterocycles. The third-order valence-electron chi connectivity index (χ3n) is 9.60. The summed E-state index contributed by atoms with van der Waals surface area (Å²) in [7, 11) is 1.11. The minimum atomic E-state index is -4.65. The van der Waals surface area contributed by atoms with Crippen molar-refractivity contribution in [3.05, 3.63) is 97.2 Å². The molecule has 0 N–H and O–H groups in total. The lowest BCUT2D eigenvalue weighted by Crippen LogP contribution is -2.37. The Morgan fingerprint density at radius 1 is 0.516 bits per heavy atom. The highest BCUT2D eigenvalue weighted by Crippen LogP contribution is 2.38. The average Bonchev–Trinajstić information content (AvgIpc) is 3.23. The number of esters is 2.